The lowest BCUT2D eigenvalue weighted by molar-refractivity contribution is -0.119. The molecule has 1 heterocycles. The van der Waals surface area contributed by atoms with E-state index < -0.39 is 0 Å². The molecule has 1 saturated carbocycles. The molecule has 0 radical (unpaired) electrons. The third-order valence-electron chi connectivity index (χ3n) is 5.80. The molecular formula is C24H27N3O2S. The molecular weight excluding hydrogens is 394 g/mol. The van der Waals surface area contributed by atoms with Crippen LogP contribution in [0.4, 0.5) is 0 Å². The second kappa shape index (κ2) is 9.04. The van der Waals surface area contributed by atoms with Crippen LogP contribution in [0, 0.1) is 12.8 Å². The normalized spacial score (nSPS) is 19.0. The maximum atomic E-state index is 13.3. The minimum atomic E-state index is -0.116. The first kappa shape index (κ1) is 20.7. The van der Waals surface area contributed by atoms with Crippen molar-refractivity contribution in [1.29, 1.82) is 0 Å². The van der Waals surface area contributed by atoms with E-state index in [0.29, 0.717) is 22.0 Å². The maximum absolute atomic E-state index is 13.3. The molecule has 1 aromatic heterocycles. The third kappa shape index (κ3) is 4.43. The standard InChI is InChI=1S/C24H27N3O2S/c1-16-8-7-10-18(14-16)27-23(29)19-11-4-6-13-21(19)26-24(27)30-15-22(28)25-20-12-5-3-9-17(20)2/h4,6-8,10-11,13-14,17,20H,3,5,9,12,15H2,1-2H3,(H,25,28)/t17-,20-/m0/s1. The summed E-state index contributed by atoms with van der Waals surface area (Å²) >= 11 is 1.31. The van der Waals surface area contributed by atoms with Gasteiger partial charge < -0.3 is 5.32 Å². The van der Waals surface area contributed by atoms with Gasteiger partial charge in [0.15, 0.2) is 5.16 Å². The van der Waals surface area contributed by atoms with Crippen LogP contribution < -0.4 is 10.9 Å². The highest BCUT2D eigenvalue weighted by molar-refractivity contribution is 7.99. The Morgan fingerprint density at radius 3 is 2.77 bits per heavy atom. The highest BCUT2D eigenvalue weighted by Crippen LogP contribution is 2.25. The first-order chi connectivity index (χ1) is 14.5. The number of carbonyl (C=O) groups is 1. The maximum Gasteiger partial charge on any atom is 0.266 e. The van der Waals surface area contributed by atoms with Crippen LogP contribution in [0.1, 0.15) is 38.2 Å². The molecule has 2 atom stereocenters. The van der Waals surface area contributed by atoms with Gasteiger partial charge in [-0.25, -0.2) is 4.98 Å². The number of nitrogens with zero attached hydrogens (tertiary/aromatic N) is 2. The predicted molar refractivity (Wildman–Crippen MR) is 122 cm³/mol. The molecule has 1 aliphatic carbocycles. The Hall–Kier alpha value is -2.60. The average molecular weight is 422 g/mol. The number of carbonyl (C=O) groups excluding carboxylic acids is 1. The lowest BCUT2D eigenvalue weighted by atomic mass is 9.86. The Labute approximate surface area is 180 Å². The summed E-state index contributed by atoms with van der Waals surface area (Å²) in [5.74, 6) is 0.744. The first-order valence-corrected chi connectivity index (χ1v) is 11.5. The summed E-state index contributed by atoms with van der Waals surface area (Å²) in [6.07, 6.45) is 4.62. The van der Waals surface area contributed by atoms with Crippen LogP contribution in [0.5, 0.6) is 0 Å². The molecule has 1 N–H and O–H groups in total. The van der Waals surface area contributed by atoms with Gasteiger partial charge in [-0.05, 0) is 55.5 Å². The molecule has 0 saturated heterocycles. The molecule has 2 aromatic carbocycles. The van der Waals surface area contributed by atoms with E-state index in [9.17, 15) is 9.59 Å². The number of fused-ring (bicyclic) bond motifs is 1. The van der Waals surface area contributed by atoms with Crippen LogP contribution in [0.25, 0.3) is 16.6 Å². The first-order valence-electron chi connectivity index (χ1n) is 10.5. The Morgan fingerprint density at radius 2 is 1.97 bits per heavy atom. The van der Waals surface area contributed by atoms with Crippen LogP contribution in [-0.2, 0) is 4.79 Å². The van der Waals surface area contributed by atoms with Gasteiger partial charge in [0.2, 0.25) is 5.91 Å². The minimum absolute atomic E-state index is 0.00282. The van der Waals surface area contributed by atoms with E-state index in [4.69, 9.17) is 4.98 Å². The predicted octanol–water partition coefficient (Wildman–Crippen LogP) is 4.48. The summed E-state index contributed by atoms with van der Waals surface area (Å²) in [6.45, 7) is 4.20. The average Bonchev–Trinajstić information content (AvgIpc) is 2.74. The molecule has 6 heteroatoms. The third-order valence-corrected chi connectivity index (χ3v) is 6.73. The van der Waals surface area contributed by atoms with E-state index in [1.807, 2.05) is 49.4 Å². The van der Waals surface area contributed by atoms with Gasteiger partial charge in [-0.1, -0.05) is 55.8 Å². The van der Waals surface area contributed by atoms with Crippen molar-refractivity contribution in [3.05, 3.63) is 64.4 Å². The fourth-order valence-corrected chi connectivity index (χ4v) is 4.94. The summed E-state index contributed by atoms with van der Waals surface area (Å²) in [5, 5.41) is 4.30. The summed E-state index contributed by atoms with van der Waals surface area (Å²) in [4.78, 5) is 30.6. The zero-order valence-corrected chi connectivity index (χ0v) is 18.2. The zero-order valence-electron chi connectivity index (χ0n) is 17.4. The van der Waals surface area contributed by atoms with Gasteiger partial charge in [-0.3, -0.25) is 14.2 Å². The SMILES string of the molecule is Cc1cccc(-n2c(SCC(=O)N[C@H]3CCCC[C@@H]3C)nc3ccccc3c2=O)c1. The molecule has 156 valence electrons. The van der Waals surface area contributed by atoms with Crippen molar-refractivity contribution in [2.24, 2.45) is 5.92 Å². The molecule has 1 aliphatic rings. The Bertz CT molecular complexity index is 1120. The summed E-state index contributed by atoms with van der Waals surface area (Å²) in [6, 6.07) is 15.4. The number of aromatic nitrogens is 2. The second-order valence-electron chi connectivity index (χ2n) is 8.12. The van der Waals surface area contributed by atoms with Crippen molar-refractivity contribution in [3.63, 3.8) is 0 Å². The van der Waals surface area contributed by atoms with E-state index in [1.54, 1.807) is 10.6 Å². The van der Waals surface area contributed by atoms with Gasteiger partial charge in [0.1, 0.15) is 0 Å². The Balaban J connectivity index is 1.63. The van der Waals surface area contributed by atoms with Crippen LogP contribution >= 0.6 is 11.8 Å². The van der Waals surface area contributed by atoms with Crippen LogP contribution in [-0.4, -0.2) is 27.3 Å². The topological polar surface area (TPSA) is 64.0 Å². The van der Waals surface area contributed by atoms with Crippen LogP contribution in [0.2, 0.25) is 0 Å². The molecule has 5 nitrogen and oxygen atoms in total. The number of amides is 1. The highest BCUT2D eigenvalue weighted by Gasteiger charge is 2.23. The van der Waals surface area contributed by atoms with E-state index in [2.05, 4.69) is 12.2 Å². The van der Waals surface area contributed by atoms with Crippen molar-refractivity contribution in [2.45, 2.75) is 50.7 Å². The Morgan fingerprint density at radius 1 is 1.17 bits per heavy atom. The molecule has 30 heavy (non-hydrogen) atoms. The summed E-state index contributed by atoms with van der Waals surface area (Å²) < 4.78 is 1.62. The smallest absolute Gasteiger partial charge is 0.266 e. The number of rotatable bonds is 5. The fourth-order valence-electron chi connectivity index (χ4n) is 4.11. The van der Waals surface area contributed by atoms with E-state index in [-0.39, 0.29) is 23.3 Å². The summed E-state index contributed by atoms with van der Waals surface area (Å²) in [7, 11) is 0. The quantitative estimate of drug-likeness (QED) is 0.487. The summed E-state index contributed by atoms with van der Waals surface area (Å²) in [5.41, 5.74) is 2.36. The van der Waals surface area contributed by atoms with Gasteiger partial charge in [0, 0.05) is 6.04 Å². The van der Waals surface area contributed by atoms with Crippen LogP contribution in [0.15, 0.2) is 58.5 Å². The number of para-hydroxylation sites is 1. The number of thioether (sulfide) groups is 1. The monoisotopic (exact) mass is 421 g/mol. The molecule has 4 rings (SSSR count). The van der Waals surface area contributed by atoms with Crippen molar-refractivity contribution < 1.29 is 4.79 Å². The zero-order chi connectivity index (χ0) is 21.1. The van der Waals surface area contributed by atoms with Crippen molar-refractivity contribution in [3.8, 4) is 5.69 Å². The number of nitrogens with one attached hydrogen (secondary N) is 1. The second-order valence-corrected chi connectivity index (χ2v) is 9.06. The largest absolute Gasteiger partial charge is 0.352 e. The van der Waals surface area contributed by atoms with Gasteiger partial charge >= 0.3 is 0 Å². The van der Waals surface area contributed by atoms with Gasteiger partial charge in [-0.2, -0.15) is 0 Å². The molecule has 1 amide bonds. The molecule has 3 aromatic rings. The number of hydrogen-bond acceptors (Lipinski definition) is 4. The highest BCUT2D eigenvalue weighted by atomic mass is 32.2. The molecule has 0 bridgehead atoms. The minimum Gasteiger partial charge on any atom is -0.352 e. The molecule has 0 spiro atoms. The van der Waals surface area contributed by atoms with Crippen molar-refractivity contribution in [2.75, 3.05) is 5.75 Å². The Kier molecular flexibility index (Phi) is 6.23. The van der Waals surface area contributed by atoms with Gasteiger partial charge in [0.05, 0.1) is 22.3 Å². The molecule has 0 unspecified atom stereocenters. The van der Waals surface area contributed by atoms with Crippen LogP contribution in [0.3, 0.4) is 0 Å². The van der Waals surface area contributed by atoms with Gasteiger partial charge in [0.25, 0.3) is 5.56 Å². The van der Waals surface area contributed by atoms with E-state index in [0.717, 1.165) is 24.1 Å². The van der Waals surface area contributed by atoms with E-state index >= 15 is 0 Å². The van der Waals surface area contributed by atoms with E-state index in [1.165, 1.54) is 24.6 Å². The lowest BCUT2D eigenvalue weighted by Gasteiger charge is -2.29. The fraction of sp³-hybridized carbons (Fsp3) is 0.375. The number of hydrogen-bond donors (Lipinski definition) is 1. The lowest BCUT2D eigenvalue weighted by Crippen LogP contribution is -2.41. The van der Waals surface area contributed by atoms with Gasteiger partial charge in [-0.15, -0.1) is 0 Å². The van der Waals surface area contributed by atoms with Crippen molar-refractivity contribution >= 4 is 28.6 Å². The molecule has 1 fully saturated rings. The number of aryl methyl sites for hydroxylation is 1. The molecule has 0 aliphatic heterocycles. The van der Waals surface area contributed by atoms with Crippen molar-refractivity contribution in [1.82, 2.24) is 14.9 Å². The number of benzene rings is 2.